The van der Waals surface area contributed by atoms with Gasteiger partial charge in [-0.2, -0.15) is 0 Å². The van der Waals surface area contributed by atoms with Crippen molar-refractivity contribution in [3.63, 3.8) is 0 Å². The molecule has 1 aliphatic carbocycles. The lowest BCUT2D eigenvalue weighted by Gasteiger charge is -2.33. The summed E-state index contributed by atoms with van der Waals surface area (Å²) in [6.07, 6.45) is 7.98. The summed E-state index contributed by atoms with van der Waals surface area (Å²) in [7, 11) is 0. The van der Waals surface area contributed by atoms with Crippen LogP contribution in [0.1, 0.15) is 39.0 Å². The van der Waals surface area contributed by atoms with Crippen molar-refractivity contribution < 1.29 is 4.79 Å². The smallest absolute Gasteiger partial charge is 0.221 e. The summed E-state index contributed by atoms with van der Waals surface area (Å²) in [6, 6.07) is 0. The van der Waals surface area contributed by atoms with Gasteiger partial charge in [-0.1, -0.05) is 23.8 Å². The van der Waals surface area contributed by atoms with Crippen LogP contribution in [0, 0.1) is 11.8 Å². The molecule has 1 aliphatic heterocycles. The van der Waals surface area contributed by atoms with Crippen LogP contribution in [0.25, 0.3) is 0 Å². The van der Waals surface area contributed by atoms with Crippen molar-refractivity contribution in [3.05, 3.63) is 23.8 Å². The maximum atomic E-state index is 11.3. The normalized spacial score (nSPS) is 28.8. The number of hydrogen-bond acceptors (Lipinski definition) is 2. The molecule has 106 valence electrons. The third-order valence-corrected chi connectivity index (χ3v) is 4.54. The van der Waals surface area contributed by atoms with Gasteiger partial charge in [-0.05, 0) is 51.5 Å². The van der Waals surface area contributed by atoms with E-state index in [1.54, 1.807) is 0 Å². The van der Waals surface area contributed by atoms with Gasteiger partial charge in [0.05, 0.1) is 5.92 Å². The summed E-state index contributed by atoms with van der Waals surface area (Å²) in [5.74, 6) is 0.592. The van der Waals surface area contributed by atoms with Crippen molar-refractivity contribution in [1.82, 2.24) is 4.90 Å². The van der Waals surface area contributed by atoms with Gasteiger partial charge in [0.25, 0.3) is 0 Å². The van der Waals surface area contributed by atoms with E-state index in [4.69, 9.17) is 5.73 Å². The predicted octanol–water partition coefficient (Wildman–Crippen LogP) is 2.49. The highest BCUT2D eigenvalue weighted by atomic mass is 16.1. The van der Waals surface area contributed by atoms with Crippen molar-refractivity contribution in [2.75, 3.05) is 19.6 Å². The molecule has 1 saturated heterocycles. The van der Waals surface area contributed by atoms with Crippen LogP contribution in [0.5, 0.6) is 0 Å². The van der Waals surface area contributed by atoms with Crippen molar-refractivity contribution in [2.24, 2.45) is 17.6 Å². The average molecular weight is 262 g/mol. The van der Waals surface area contributed by atoms with E-state index in [0.29, 0.717) is 5.92 Å². The fraction of sp³-hybridized carbons (Fsp3) is 0.688. The Balaban J connectivity index is 1.85. The minimum Gasteiger partial charge on any atom is -0.369 e. The Morgan fingerprint density at radius 2 is 2.26 bits per heavy atom. The first-order valence-electron chi connectivity index (χ1n) is 7.41. The number of primary amides is 1. The molecular weight excluding hydrogens is 236 g/mol. The van der Waals surface area contributed by atoms with Crippen LogP contribution < -0.4 is 5.73 Å². The summed E-state index contributed by atoms with van der Waals surface area (Å²) in [5, 5.41) is 0. The van der Waals surface area contributed by atoms with Gasteiger partial charge in [0, 0.05) is 13.1 Å². The molecule has 1 heterocycles. The van der Waals surface area contributed by atoms with Crippen LogP contribution in [-0.2, 0) is 4.79 Å². The van der Waals surface area contributed by atoms with E-state index in [0.717, 1.165) is 38.9 Å². The number of piperidine rings is 1. The van der Waals surface area contributed by atoms with Crippen LogP contribution in [-0.4, -0.2) is 30.4 Å². The largest absolute Gasteiger partial charge is 0.369 e. The zero-order valence-electron chi connectivity index (χ0n) is 12.0. The Hall–Kier alpha value is -1.09. The highest BCUT2D eigenvalue weighted by Gasteiger charge is 2.25. The monoisotopic (exact) mass is 262 g/mol. The topological polar surface area (TPSA) is 46.3 Å². The molecule has 2 rings (SSSR count). The quantitative estimate of drug-likeness (QED) is 0.791. The Morgan fingerprint density at radius 1 is 1.47 bits per heavy atom. The lowest BCUT2D eigenvalue weighted by molar-refractivity contribution is -0.123. The molecule has 2 atom stereocenters. The Labute approximate surface area is 116 Å². The molecule has 0 radical (unpaired) electrons. The minimum atomic E-state index is -0.135. The van der Waals surface area contributed by atoms with E-state index < -0.39 is 0 Å². The van der Waals surface area contributed by atoms with Crippen LogP contribution in [0.15, 0.2) is 23.8 Å². The first-order valence-corrected chi connectivity index (χ1v) is 7.41. The van der Waals surface area contributed by atoms with Gasteiger partial charge in [-0.15, -0.1) is 0 Å². The highest BCUT2D eigenvalue weighted by Crippen LogP contribution is 2.29. The summed E-state index contributed by atoms with van der Waals surface area (Å²) >= 11 is 0. The van der Waals surface area contributed by atoms with Gasteiger partial charge >= 0.3 is 0 Å². The number of nitrogens with zero attached hydrogens (tertiary/aromatic N) is 1. The molecule has 0 bridgehead atoms. The molecule has 2 aliphatic rings. The second-order valence-corrected chi connectivity index (χ2v) is 6.16. The highest BCUT2D eigenvalue weighted by molar-refractivity contribution is 5.76. The fourth-order valence-electron chi connectivity index (χ4n) is 3.20. The molecule has 3 heteroatoms. The maximum absolute atomic E-state index is 11.3. The number of amides is 1. The summed E-state index contributed by atoms with van der Waals surface area (Å²) < 4.78 is 0. The van der Waals surface area contributed by atoms with Crippen LogP contribution in [0.3, 0.4) is 0 Å². The molecule has 0 unspecified atom stereocenters. The first-order chi connectivity index (χ1) is 9.06. The van der Waals surface area contributed by atoms with Gasteiger partial charge < -0.3 is 5.73 Å². The van der Waals surface area contributed by atoms with E-state index in [9.17, 15) is 4.79 Å². The molecule has 19 heavy (non-hydrogen) atoms. The number of nitrogens with two attached hydrogens (primary N) is 1. The van der Waals surface area contributed by atoms with Gasteiger partial charge in [0.1, 0.15) is 0 Å². The third kappa shape index (κ3) is 3.93. The van der Waals surface area contributed by atoms with Crippen molar-refractivity contribution in [3.8, 4) is 0 Å². The maximum Gasteiger partial charge on any atom is 0.221 e. The minimum absolute atomic E-state index is 0.0566. The van der Waals surface area contributed by atoms with E-state index in [1.807, 2.05) is 0 Å². The lowest BCUT2D eigenvalue weighted by atomic mass is 9.85. The van der Waals surface area contributed by atoms with E-state index >= 15 is 0 Å². The number of rotatable bonds is 4. The Bertz CT molecular complexity index is 386. The summed E-state index contributed by atoms with van der Waals surface area (Å²) in [4.78, 5) is 13.7. The number of carbonyl (C=O) groups excluding carboxylic acids is 1. The third-order valence-electron chi connectivity index (χ3n) is 4.54. The first kappa shape index (κ1) is 14.3. The van der Waals surface area contributed by atoms with Gasteiger partial charge in [0.2, 0.25) is 5.91 Å². The zero-order valence-corrected chi connectivity index (χ0v) is 12.0. The Morgan fingerprint density at radius 3 is 2.84 bits per heavy atom. The van der Waals surface area contributed by atoms with Gasteiger partial charge in [0.15, 0.2) is 0 Å². The number of hydrogen-bond donors (Lipinski definition) is 1. The SMILES string of the molecule is C=C(C)[C@@H]1CC=C(CN2CCC[C@H](C(N)=O)C2)CC1. The second-order valence-electron chi connectivity index (χ2n) is 6.16. The lowest BCUT2D eigenvalue weighted by Crippen LogP contribution is -2.42. The van der Waals surface area contributed by atoms with Gasteiger partial charge in [-0.25, -0.2) is 0 Å². The van der Waals surface area contributed by atoms with E-state index in [1.165, 1.54) is 24.0 Å². The fourth-order valence-corrected chi connectivity index (χ4v) is 3.20. The van der Waals surface area contributed by atoms with Gasteiger partial charge in [-0.3, -0.25) is 9.69 Å². The van der Waals surface area contributed by atoms with Crippen LogP contribution >= 0.6 is 0 Å². The summed E-state index contributed by atoms with van der Waals surface area (Å²) in [6.45, 7) is 9.15. The molecule has 0 spiro atoms. The summed E-state index contributed by atoms with van der Waals surface area (Å²) in [5.41, 5.74) is 8.26. The molecule has 2 N–H and O–H groups in total. The van der Waals surface area contributed by atoms with E-state index in [-0.39, 0.29) is 11.8 Å². The number of allylic oxidation sites excluding steroid dienone is 2. The molecule has 0 saturated carbocycles. The predicted molar refractivity (Wildman–Crippen MR) is 78.6 cm³/mol. The van der Waals surface area contributed by atoms with Crippen molar-refractivity contribution in [1.29, 1.82) is 0 Å². The zero-order chi connectivity index (χ0) is 13.8. The standard InChI is InChI=1S/C16H26N2O/c1-12(2)14-7-5-13(6-8-14)10-18-9-3-4-15(11-18)16(17)19/h5,14-15H,1,3-4,6-11H2,2H3,(H2,17,19)/t14-,15+/m1/s1. The molecule has 0 aromatic rings. The van der Waals surface area contributed by atoms with Crippen molar-refractivity contribution in [2.45, 2.75) is 39.0 Å². The molecule has 1 amide bonds. The number of carbonyl (C=O) groups is 1. The van der Waals surface area contributed by atoms with E-state index in [2.05, 4.69) is 24.5 Å². The van der Waals surface area contributed by atoms with Crippen molar-refractivity contribution >= 4 is 5.91 Å². The van der Waals surface area contributed by atoms with Crippen LogP contribution in [0.2, 0.25) is 0 Å². The second kappa shape index (κ2) is 6.38. The number of likely N-dealkylation sites (tertiary alicyclic amines) is 1. The molecule has 0 aromatic carbocycles. The van der Waals surface area contributed by atoms with Crippen LogP contribution in [0.4, 0.5) is 0 Å². The molecule has 0 aromatic heterocycles. The molecule has 3 nitrogen and oxygen atoms in total. The average Bonchev–Trinajstić information content (AvgIpc) is 2.39. The molecule has 1 fully saturated rings. The molecular formula is C16H26N2O. The Kier molecular flexibility index (Phi) is 4.81.